The van der Waals surface area contributed by atoms with Gasteiger partial charge in [-0.25, -0.2) is 0 Å². The van der Waals surface area contributed by atoms with E-state index in [1.165, 1.54) is 12.0 Å². The lowest BCUT2D eigenvalue weighted by Gasteiger charge is -2.23. The van der Waals surface area contributed by atoms with Gasteiger partial charge in [0.25, 0.3) is 5.91 Å². The summed E-state index contributed by atoms with van der Waals surface area (Å²) in [5, 5.41) is 7.71. The number of morpholine rings is 1. The SMILES string of the molecule is COc1cc(/C=N\NC(=S)NCC[NH+]2CCOCC2)ccc1OCC(N)=O. The highest BCUT2D eigenvalue weighted by molar-refractivity contribution is 7.80. The van der Waals surface area contributed by atoms with E-state index in [2.05, 4.69) is 15.8 Å². The van der Waals surface area contributed by atoms with Crippen molar-refractivity contribution < 1.29 is 23.9 Å². The van der Waals surface area contributed by atoms with Crippen molar-refractivity contribution in [2.75, 3.05) is 53.1 Å². The number of primary amides is 1. The Morgan fingerprint density at radius 3 is 2.89 bits per heavy atom. The summed E-state index contributed by atoms with van der Waals surface area (Å²) in [6, 6.07) is 5.20. The fraction of sp³-hybridized carbons (Fsp3) is 0.471. The van der Waals surface area contributed by atoms with Crippen molar-refractivity contribution >= 4 is 29.5 Å². The zero-order chi connectivity index (χ0) is 19.5. The highest BCUT2D eigenvalue weighted by Crippen LogP contribution is 2.27. The maximum atomic E-state index is 10.8. The molecule has 9 nitrogen and oxygen atoms in total. The van der Waals surface area contributed by atoms with E-state index in [1.54, 1.807) is 24.4 Å². The number of ether oxygens (including phenoxy) is 3. The van der Waals surface area contributed by atoms with E-state index in [-0.39, 0.29) is 6.61 Å². The van der Waals surface area contributed by atoms with E-state index < -0.39 is 5.91 Å². The summed E-state index contributed by atoms with van der Waals surface area (Å²) in [6.07, 6.45) is 1.61. The third-order valence-corrected chi connectivity index (χ3v) is 4.14. The molecule has 1 aromatic carbocycles. The molecule has 1 amide bonds. The van der Waals surface area contributed by atoms with Crippen LogP contribution >= 0.6 is 12.2 Å². The number of nitrogens with zero attached hydrogens (tertiary/aromatic N) is 1. The van der Waals surface area contributed by atoms with Gasteiger partial charge >= 0.3 is 0 Å². The van der Waals surface area contributed by atoms with Gasteiger partial charge in [0.2, 0.25) is 0 Å². The van der Waals surface area contributed by atoms with Crippen LogP contribution in [0.4, 0.5) is 0 Å². The molecule has 1 fully saturated rings. The minimum absolute atomic E-state index is 0.211. The first-order valence-corrected chi connectivity index (χ1v) is 9.06. The molecule has 148 valence electrons. The van der Waals surface area contributed by atoms with Crippen LogP contribution in [-0.4, -0.2) is 70.3 Å². The molecule has 5 N–H and O–H groups in total. The molecule has 27 heavy (non-hydrogen) atoms. The number of amides is 1. The van der Waals surface area contributed by atoms with E-state index in [0.29, 0.717) is 16.6 Å². The molecule has 0 radical (unpaired) electrons. The van der Waals surface area contributed by atoms with Crippen LogP contribution in [0.1, 0.15) is 5.56 Å². The molecule has 1 saturated heterocycles. The largest absolute Gasteiger partial charge is 0.493 e. The fourth-order valence-corrected chi connectivity index (χ4v) is 2.66. The van der Waals surface area contributed by atoms with Crippen LogP contribution in [0.5, 0.6) is 11.5 Å². The molecule has 2 rings (SSSR count). The van der Waals surface area contributed by atoms with Gasteiger partial charge in [0.05, 0.1) is 39.6 Å². The summed E-state index contributed by atoms with van der Waals surface area (Å²) in [5.74, 6) is 0.363. The van der Waals surface area contributed by atoms with Crippen LogP contribution in [-0.2, 0) is 9.53 Å². The zero-order valence-electron chi connectivity index (χ0n) is 15.3. The molecule has 0 aliphatic carbocycles. The van der Waals surface area contributed by atoms with Crippen molar-refractivity contribution in [2.24, 2.45) is 10.8 Å². The van der Waals surface area contributed by atoms with E-state index in [4.69, 9.17) is 32.2 Å². The van der Waals surface area contributed by atoms with E-state index in [1.807, 2.05) is 0 Å². The van der Waals surface area contributed by atoms with Gasteiger partial charge in [-0.3, -0.25) is 10.2 Å². The molecule has 0 saturated carbocycles. The lowest BCUT2D eigenvalue weighted by Crippen LogP contribution is -3.14. The average Bonchev–Trinajstić information content (AvgIpc) is 2.67. The van der Waals surface area contributed by atoms with Crippen molar-refractivity contribution in [2.45, 2.75) is 0 Å². The third kappa shape index (κ3) is 7.77. The molecular weight excluding hydrogens is 370 g/mol. The van der Waals surface area contributed by atoms with Crippen molar-refractivity contribution in [1.82, 2.24) is 10.7 Å². The van der Waals surface area contributed by atoms with Gasteiger partial charge in [-0.1, -0.05) is 0 Å². The topological polar surface area (TPSA) is 112 Å². The molecule has 1 aliphatic rings. The Balaban J connectivity index is 1.75. The van der Waals surface area contributed by atoms with Crippen LogP contribution in [0.3, 0.4) is 0 Å². The summed E-state index contributed by atoms with van der Waals surface area (Å²) in [4.78, 5) is 12.3. The number of methoxy groups -OCH3 is 1. The summed E-state index contributed by atoms with van der Waals surface area (Å²) in [5.41, 5.74) is 8.64. The molecule has 1 aliphatic heterocycles. The number of nitrogens with one attached hydrogen (secondary N) is 3. The normalized spacial score (nSPS) is 14.7. The van der Waals surface area contributed by atoms with Gasteiger partial charge in [-0.2, -0.15) is 5.10 Å². The lowest BCUT2D eigenvalue weighted by atomic mass is 10.2. The molecule has 10 heteroatoms. The van der Waals surface area contributed by atoms with Crippen LogP contribution in [0.2, 0.25) is 0 Å². The minimum atomic E-state index is -0.553. The summed E-state index contributed by atoms with van der Waals surface area (Å²) in [6.45, 7) is 5.24. The molecule has 0 atom stereocenters. The van der Waals surface area contributed by atoms with Crippen LogP contribution in [0.25, 0.3) is 0 Å². The highest BCUT2D eigenvalue weighted by Gasteiger charge is 2.12. The summed E-state index contributed by atoms with van der Waals surface area (Å²) < 4.78 is 15.9. The van der Waals surface area contributed by atoms with Gasteiger partial charge in [-0.05, 0) is 36.0 Å². The van der Waals surface area contributed by atoms with E-state index >= 15 is 0 Å². The molecule has 0 unspecified atom stereocenters. The Labute approximate surface area is 163 Å². The maximum absolute atomic E-state index is 10.8. The Hall–Kier alpha value is -2.43. The van der Waals surface area contributed by atoms with E-state index in [9.17, 15) is 4.79 Å². The molecule has 1 heterocycles. The Kier molecular flexibility index (Phi) is 8.75. The van der Waals surface area contributed by atoms with Crippen LogP contribution < -0.4 is 30.8 Å². The zero-order valence-corrected chi connectivity index (χ0v) is 16.1. The Bertz CT molecular complexity index is 665. The fourth-order valence-electron chi connectivity index (χ4n) is 2.50. The molecule has 0 spiro atoms. The van der Waals surface area contributed by atoms with Crippen molar-refractivity contribution in [3.8, 4) is 11.5 Å². The number of carbonyl (C=O) groups is 1. The minimum Gasteiger partial charge on any atom is -0.493 e. The maximum Gasteiger partial charge on any atom is 0.255 e. The third-order valence-electron chi connectivity index (χ3n) is 3.90. The predicted molar refractivity (Wildman–Crippen MR) is 105 cm³/mol. The molecular formula is C17H26N5O4S+. The molecule has 0 bridgehead atoms. The van der Waals surface area contributed by atoms with Gasteiger partial charge in [-0.15, -0.1) is 0 Å². The first-order chi connectivity index (χ1) is 13.1. The van der Waals surface area contributed by atoms with Gasteiger partial charge in [0, 0.05) is 0 Å². The number of hydrazone groups is 1. The highest BCUT2D eigenvalue weighted by atomic mass is 32.1. The smallest absolute Gasteiger partial charge is 0.255 e. The number of rotatable bonds is 9. The average molecular weight is 396 g/mol. The number of thiocarbonyl (C=S) groups is 1. The number of hydrogen-bond donors (Lipinski definition) is 4. The molecule has 0 aromatic heterocycles. The summed E-state index contributed by atoms with van der Waals surface area (Å²) >= 11 is 5.21. The monoisotopic (exact) mass is 396 g/mol. The second-order valence-electron chi connectivity index (χ2n) is 5.90. The number of quaternary nitrogens is 1. The quantitative estimate of drug-likeness (QED) is 0.223. The van der Waals surface area contributed by atoms with Crippen molar-refractivity contribution in [1.29, 1.82) is 0 Å². The van der Waals surface area contributed by atoms with Crippen molar-refractivity contribution in [3.63, 3.8) is 0 Å². The second kappa shape index (κ2) is 11.3. The van der Waals surface area contributed by atoms with Crippen molar-refractivity contribution in [3.05, 3.63) is 23.8 Å². The number of benzene rings is 1. The lowest BCUT2D eigenvalue weighted by molar-refractivity contribution is -0.906. The first kappa shape index (κ1) is 20.9. The standard InChI is InChI=1S/C17H25N5O4S/c1-24-15-10-13(2-3-14(15)26-12-16(18)23)11-20-21-17(27)19-4-5-22-6-8-25-9-7-22/h2-3,10-11H,4-9,12H2,1H3,(H2,18,23)(H2,19,21,27)/p+1/b20-11-. The van der Waals surface area contributed by atoms with Gasteiger partial charge in [0.15, 0.2) is 23.2 Å². The van der Waals surface area contributed by atoms with Crippen LogP contribution in [0.15, 0.2) is 23.3 Å². The van der Waals surface area contributed by atoms with Gasteiger partial charge < -0.3 is 30.2 Å². The molecule has 1 aromatic rings. The second-order valence-corrected chi connectivity index (χ2v) is 6.31. The Morgan fingerprint density at radius 2 is 2.19 bits per heavy atom. The van der Waals surface area contributed by atoms with Crippen LogP contribution in [0, 0.1) is 0 Å². The number of hydrogen-bond acceptors (Lipinski definition) is 6. The first-order valence-electron chi connectivity index (χ1n) is 8.66. The Morgan fingerprint density at radius 1 is 1.41 bits per heavy atom. The summed E-state index contributed by atoms with van der Waals surface area (Å²) in [7, 11) is 1.52. The number of nitrogens with two attached hydrogens (primary N) is 1. The van der Waals surface area contributed by atoms with Gasteiger partial charge in [0.1, 0.15) is 13.1 Å². The predicted octanol–water partition coefficient (Wildman–Crippen LogP) is -1.73. The van der Waals surface area contributed by atoms with E-state index in [0.717, 1.165) is 45.0 Å². The number of carbonyl (C=O) groups excluding carboxylic acids is 1.